The van der Waals surface area contributed by atoms with Gasteiger partial charge in [0, 0.05) is 10.8 Å². The summed E-state index contributed by atoms with van der Waals surface area (Å²) in [5, 5.41) is 2.27. The second kappa shape index (κ2) is 11.9. The van der Waals surface area contributed by atoms with Crippen LogP contribution >= 0.6 is 0 Å². The van der Waals surface area contributed by atoms with E-state index >= 15 is 0 Å². The van der Waals surface area contributed by atoms with E-state index in [1.807, 2.05) is 0 Å². The van der Waals surface area contributed by atoms with E-state index in [-0.39, 0.29) is 56.2 Å². The second-order valence-corrected chi connectivity index (χ2v) is 11.4. The summed E-state index contributed by atoms with van der Waals surface area (Å²) >= 11 is 0. The normalized spacial score (nSPS) is 13.0. The Morgan fingerprint density at radius 2 is 0.843 bits per heavy atom. The fourth-order valence-corrected chi connectivity index (χ4v) is 5.75. The summed E-state index contributed by atoms with van der Waals surface area (Å²) < 4.78 is 26.0. The van der Waals surface area contributed by atoms with Gasteiger partial charge in [-0.3, -0.25) is 0 Å². The topological polar surface area (TPSA) is 166 Å². The van der Waals surface area contributed by atoms with Crippen molar-refractivity contribution in [3.63, 3.8) is 0 Å². The van der Waals surface area contributed by atoms with Crippen molar-refractivity contribution in [1.29, 1.82) is 0 Å². The zero-order valence-corrected chi connectivity index (χ0v) is 25.8. The van der Waals surface area contributed by atoms with Crippen LogP contribution in [0.3, 0.4) is 0 Å². The number of ether oxygens (including phenoxy) is 5. The molecule has 0 amide bonds. The molecule has 0 unspecified atom stereocenters. The molecule has 246 valence electrons. The zero-order valence-electron chi connectivity index (χ0n) is 25.8. The molecule has 0 aromatic heterocycles. The van der Waals surface area contributed by atoms with Crippen LogP contribution < -0.4 is 14.2 Å². The Morgan fingerprint density at radius 3 is 1.39 bits per heavy atom. The average Bonchev–Trinajstić information content (AvgIpc) is 3.59. The average molecular weight is 679 g/mol. The minimum Gasteiger partial charge on any atom is -0.423 e. The van der Waals surface area contributed by atoms with Gasteiger partial charge in [-0.05, 0) is 83.6 Å². The lowest BCUT2D eigenvalue weighted by atomic mass is 10.1. The number of esters is 7. The molecule has 6 aromatic carbocycles. The first-order valence-electron chi connectivity index (χ1n) is 15.2. The molecule has 51 heavy (non-hydrogen) atoms. The zero-order chi connectivity index (χ0) is 35.4. The molecule has 0 fully saturated rings. The number of hydrogen-bond acceptors (Lipinski definition) is 12. The molecule has 2 heterocycles. The summed E-state index contributed by atoms with van der Waals surface area (Å²) in [6.07, 6.45) is 0. The molecule has 0 aliphatic carbocycles. The lowest BCUT2D eigenvalue weighted by Crippen LogP contribution is -2.11. The first kappa shape index (κ1) is 30.8. The van der Waals surface area contributed by atoms with Crippen LogP contribution in [0.25, 0.3) is 21.5 Å². The van der Waals surface area contributed by atoms with Gasteiger partial charge in [0.15, 0.2) is 0 Å². The van der Waals surface area contributed by atoms with Crippen LogP contribution in [0.5, 0.6) is 17.2 Å². The number of benzene rings is 6. The smallest absolute Gasteiger partial charge is 0.346 e. The molecule has 0 saturated carbocycles. The van der Waals surface area contributed by atoms with Gasteiger partial charge in [-0.15, -0.1) is 0 Å². The van der Waals surface area contributed by atoms with Crippen LogP contribution in [0.2, 0.25) is 0 Å². The van der Waals surface area contributed by atoms with E-state index in [0.29, 0.717) is 21.5 Å². The summed E-state index contributed by atoms with van der Waals surface area (Å²) in [7, 11) is 0. The van der Waals surface area contributed by atoms with Crippen molar-refractivity contribution in [3.8, 4) is 17.2 Å². The first-order valence-corrected chi connectivity index (χ1v) is 15.2. The SMILES string of the molecule is O=C(Oc1ccc2cc(C(=O)Oc3cccc4c(OC(=O)c5ccc6c(c5)C(=O)OC6=O)cccc34)ccc2c1)c1ccc2c(c1)C(=O)OC2=O. The van der Waals surface area contributed by atoms with E-state index in [1.54, 1.807) is 72.8 Å². The highest BCUT2D eigenvalue weighted by Crippen LogP contribution is 2.34. The van der Waals surface area contributed by atoms with Crippen LogP contribution in [0.15, 0.2) is 109 Å². The minimum atomic E-state index is -0.845. The van der Waals surface area contributed by atoms with E-state index in [1.165, 1.54) is 36.4 Å². The third-order valence-corrected chi connectivity index (χ3v) is 8.27. The Bertz CT molecular complexity index is 2600. The molecule has 12 heteroatoms. The standard InChI is InChI=1S/C39H18O12/c40-33(22-10-13-27-29(17-22)38(45)50-36(27)43)47-24-12-9-19-15-21(8-7-20(19)16-24)34(41)48-31-5-1-4-26-25(31)3-2-6-32(26)49-35(42)23-11-14-28-30(18-23)39(46)51-37(28)44/h1-18H. The van der Waals surface area contributed by atoms with Crippen molar-refractivity contribution in [2.24, 2.45) is 0 Å². The van der Waals surface area contributed by atoms with Gasteiger partial charge in [-0.1, -0.05) is 36.4 Å². The number of fused-ring (bicyclic) bond motifs is 4. The van der Waals surface area contributed by atoms with Crippen molar-refractivity contribution in [3.05, 3.63) is 148 Å². The van der Waals surface area contributed by atoms with Gasteiger partial charge < -0.3 is 23.7 Å². The van der Waals surface area contributed by atoms with Gasteiger partial charge in [0.2, 0.25) is 0 Å². The van der Waals surface area contributed by atoms with Gasteiger partial charge in [-0.25, -0.2) is 33.6 Å². The van der Waals surface area contributed by atoms with Crippen LogP contribution in [-0.2, 0) is 9.47 Å². The van der Waals surface area contributed by atoms with Crippen molar-refractivity contribution in [1.82, 2.24) is 0 Å². The van der Waals surface area contributed by atoms with Crippen molar-refractivity contribution < 1.29 is 57.2 Å². The van der Waals surface area contributed by atoms with E-state index in [0.717, 1.165) is 0 Å². The number of carbonyl (C=O) groups excluding carboxylic acids is 7. The summed E-state index contributed by atoms with van der Waals surface area (Å²) in [5.41, 5.74) is 0.430. The molecular weight excluding hydrogens is 660 g/mol. The molecule has 0 N–H and O–H groups in total. The summed E-state index contributed by atoms with van der Waals surface area (Å²) in [6.45, 7) is 0. The summed E-state index contributed by atoms with van der Waals surface area (Å²) in [5.74, 6) is -4.83. The maximum atomic E-state index is 13.3. The van der Waals surface area contributed by atoms with E-state index in [9.17, 15) is 33.6 Å². The third-order valence-electron chi connectivity index (χ3n) is 8.27. The highest BCUT2D eigenvalue weighted by Gasteiger charge is 2.32. The maximum absolute atomic E-state index is 13.3. The van der Waals surface area contributed by atoms with E-state index in [4.69, 9.17) is 14.2 Å². The highest BCUT2D eigenvalue weighted by atomic mass is 16.6. The lowest BCUT2D eigenvalue weighted by Gasteiger charge is -2.12. The molecule has 6 aromatic rings. The fourth-order valence-electron chi connectivity index (χ4n) is 5.75. The Balaban J connectivity index is 0.981. The Kier molecular flexibility index (Phi) is 7.19. The molecule has 0 atom stereocenters. The van der Waals surface area contributed by atoms with Gasteiger partial charge in [0.05, 0.1) is 38.9 Å². The minimum absolute atomic E-state index is 0.0124. The van der Waals surface area contributed by atoms with Crippen LogP contribution in [-0.4, -0.2) is 41.8 Å². The molecule has 0 radical (unpaired) electrons. The first-order chi connectivity index (χ1) is 24.6. The predicted molar refractivity (Wildman–Crippen MR) is 175 cm³/mol. The molecule has 0 bridgehead atoms. The van der Waals surface area contributed by atoms with Gasteiger partial charge in [0.1, 0.15) is 17.2 Å². The highest BCUT2D eigenvalue weighted by molar-refractivity contribution is 6.16. The lowest BCUT2D eigenvalue weighted by molar-refractivity contribution is 0.0425. The van der Waals surface area contributed by atoms with Crippen molar-refractivity contribution in [2.45, 2.75) is 0 Å². The van der Waals surface area contributed by atoms with Crippen molar-refractivity contribution in [2.75, 3.05) is 0 Å². The van der Waals surface area contributed by atoms with Crippen LogP contribution in [0.4, 0.5) is 0 Å². The van der Waals surface area contributed by atoms with E-state index in [2.05, 4.69) is 9.47 Å². The fraction of sp³-hybridized carbons (Fsp3) is 0. The monoisotopic (exact) mass is 678 g/mol. The van der Waals surface area contributed by atoms with Gasteiger partial charge in [-0.2, -0.15) is 0 Å². The quantitative estimate of drug-likeness (QED) is 0.110. The van der Waals surface area contributed by atoms with E-state index < -0.39 is 41.8 Å². The Labute approximate surface area is 285 Å². The molecule has 2 aliphatic heterocycles. The molecule has 12 nitrogen and oxygen atoms in total. The molecular formula is C39H18O12. The number of hydrogen-bond donors (Lipinski definition) is 0. The van der Waals surface area contributed by atoms with Crippen LogP contribution in [0, 0.1) is 0 Å². The Morgan fingerprint density at radius 1 is 0.412 bits per heavy atom. The molecule has 8 rings (SSSR count). The number of rotatable bonds is 6. The Hall–Kier alpha value is -7.47. The molecule has 2 aliphatic rings. The molecule has 0 spiro atoms. The van der Waals surface area contributed by atoms with Gasteiger partial charge >= 0.3 is 41.8 Å². The summed E-state index contributed by atoms with van der Waals surface area (Å²) in [6, 6.07) is 27.3. The van der Waals surface area contributed by atoms with Gasteiger partial charge in [0.25, 0.3) is 0 Å². The second-order valence-electron chi connectivity index (χ2n) is 11.4. The maximum Gasteiger partial charge on any atom is 0.346 e. The predicted octanol–water partition coefficient (Wildman–Crippen LogP) is 6.27. The molecule has 0 saturated heterocycles. The number of cyclic esters (lactones) is 4. The van der Waals surface area contributed by atoms with Crippen LogP contribution in [0.1, 0.15) is 72.5 Å². The third kappa shape index (κ3) is 5.52. The van der Waals surface area contributed by atoms with Crippen molar-refractivity contribution >= 4 is 63.3 Å². The largest absolute Gasteiger partial charge is 0.423 e. The number of carbonyl (C=O) groups is 7. The summed E-state index contributed by atoms with van der Waals surface area (Å²) in [4.78, 5) is 86.3.